The van der Waals surface area contributed by atoms with Crippen LogP contribution in [0.25, 0.3) is 0 Å². The van der Waals surface area contributed by atoms with E-state index in [2.05, 4.69) is 22.1 Å². The van der Waals surface area contributed by atoms with Crippen molar-refractivity contribution in [2.75, 3.05) is 26.2 Å². The van der Waals surface area contributed by atoms with Crippen molar-refractivity contribution in [1.82, 2.24) is 15.2 Å². The van der Waals surface area contributed by atoms with Gasteiger partial charge in [-0.25, -0.2) is 4.98 Å². The third-order valence-corrected chi connectivity index (χ3v) is 6.39. The normalized spacial score (nSPS) is 23.5. The average molecular weight is 322 g/mol. The van der Waals surface area contributed by atoms with Gasteiger partial charge in [0.25, 0.3) is 0 Å². The van der Waals surface area contributed by atoms with Crippen LogP contribution >= 0.6 is 11.3 Å². The monoisotopic (exact) mass is 321 g/mol. The molecule has 2 fully saturated rings. The van der Waals surface area contributed by atoms with E-state index in [-0.39, 0.29) is 0 Å². The molecule has 1 N–H and O–H groups in total. The van der Waals surface area contributed by atoms with Crippen LogP contribution in [0.15, 0.2) is 5.51 Å². The molecule has 1 aliphatic carbocycles. The number of nitrogens with zero attached hydrogens (tertiary/aromatic N) is 2. The number of hydrogen-bond acceptors (Lipinski definition) is 4. The number of aryl methyl sites for hydroxylation is 1. The fourth-order valence-electron chi connectivity index (χ4n) is 3.99. The maximum absolute atomic E-state index is 4.43. The predicted molar refractivity (Wildman–Crippen MR) is 94.3 cm³/mol. The quantitative estimate of drug-likeness (QED) is 0.827. The van der Waals surface area contributed by atoms with Gasteiger partial charge in [-0.1, -0.05) is 32.1 Å². The lowest BCUT2D eigenvalue weighted by molar-refractivity contribution is 0.201. The van der Waals surface area contributed by atoms with Gasteiger partial charge in [0, 0.05) is 18.0 Å². The van der Waals surface area contributed by atoms with Crippen LogP contribution in [-0.2, 0) is 6.54 Å². The zero-order chi connectivity index (χ0) is 15.2. The van der Waals surface area contributed by atoms with E-state index in [1.54, 1.807) is 0 Å². The van der Waals surface area contributed by atoms with Gasteiger partial charge in [-0.2, -0.15) is 0 Å². The first kappa shape index (κ1) is 16.4. The Morgan fingerprint density at radius 1 is 1.23 bits per heavy atom. The first-order chi connectivity index (χ1) is 10.8. The molecule has 0 bridgehead atoms. The Labute approximate surface area is 139 Å². The Kier molecular flexibility index (Phi) is 6.28. The molecule has 1 aliphatic heterocycles. The van der Waals surface area contributed by atoms with E-state index in [0.29, 0.717) is 0 Å². The molecule has 3 nitrogen and oxygen atoms in total. The van der Waals surface area contributed by atoms with E-state index in [1.165, 1.54) is 81.7 Å². The van der Waals surface area contributed by atoms with Crippen molar-refractivity contribution in [3.05, 3.63) is 16.1 Å². The van der Waals surface area contributed by atoms with Crippen LogP contribution in [0.1, 0.15) is 55.5 Å². The summed E-state index contributed by atoms with van der Waals surface area (Å²) in [6.45, 7) is 8.22. The molecule has 1 aromatic heterocycles. The number of aromatic nitrogens is 1. The molecule has 22 heavy (non-hydrogen) atoms. The second-order valence-electron chi connectivity index (χ2n) is 7.25. The molecule has 0 radical (unpaired) electrons. The first-order valence-corrected chi connectivity index (χ1v) is 10.0. The summed E-state index contributed by atoms with van der Waals surface area (Å²) in [4.78, 5) is 8.61. The number of thiazole rings is 1. The molecular formula is C18H31N3S. The highest BCUT2D eigenvalue weighted by molar-refractivity contribution is 7.09. The molecule has 3 rings (SSSR count). The van der Waals surface area contributed by atoms with E-state index in [4.69, 9.17) is 0 Å². The lowest BCUT2D eigenvalue weighted by Gasteiger charge is -2.28. The molecule has 0 amide bonds. The van der Waals surface area contributed by atoms with Crippen molar-refractivity contribution < 1.29 is 0 Å². The summed E-state index contributed by atoms with van der Waals surface area (Å²) in [5.74, 6) is 1.83. The summed E-state index contributed by atoms with van der Waals surface area (Å²) in [6, 6.07) is 0. The summed E-state index contributed by atoms with van der Waals surface area (Å²) in [6.07, 6.45) is 10.1. The standard InChI is InChI=1S/C18H31N3S/c1-15-18(22-14-20-15)13-21(12-17-7-9-19-11-17)10-8-16-5-3-2-4-6-16/h14,16-17,19H,2-13H2,1H3. The largest absolute Gasteiger partial charge is 0.316 e. The maximum Gasteiger partial charge on any atom is 0.0798 e. The van der Waals surface area contributed by atoms with Crippen molar-refractivity contribution in [1.29, 1.82) is 0 Å². The molecule has 2 heterocycles. The minimum Gasteiger partial charge on any atom is -0.316 e. The molecule has 2 aliphatic rings. The van der Waals surface area contributed by atoms with Gasteiger partial charge in [0.15, 0.2) is 0 Å². The highest BCUT2D eigenvalue weighted by atomic mass is 32.1. The molecule has 0 spiro atoms. The summed E-state index contributed by atoms with van der Waals surface area (Å²) < 4.78 is 0. The second-order valence-corrected chi connectivity index (χ2v) is 8.19. The van der Waals surface area contributed by atoms with Crippen LogP contribution in [0.5, 0.6) is 0 Å². The Bertz CT molecular complexity index is 433. The fraction of sp³-hybridized carbons (Fsp3) is 0.833. The van der Waals surface area contributed by atoms with E-state index in [9.17, 15) is 0 Å². The van der Waals surface area contributed by atoms with Crippen LogP contribution in [0, 0.1) is 18.8 Å². The Balaban J connectivity index is 1.53. The number of rotatable bonds is 7. The molecule has 0 aromatic carbocycles. The third kappa shape index (κ3) is 4.77. The van der Waals surface area contributed by atoms with Crippen LogP contribution in [-0.4, -0.2) is 36.1 Å². The van der Waals surface area contributed by atoms with Gasteiger partial charge >= 0.3 is 0 Å². The van der Waals surface area contributed by atoms with Crippen molar-refractivity contribution in [2.45, 2.75) is 58.4 Å². The van der Waals surface area contributed by atoms with Gasteiger partial charge in [0.05, 0.1) is 11.2 Å². The summed E-state index contributed by atoms with van der Waals surface area (Å²) in [7, 11) is 0. The molecular weight excluding hydrogens is 290 g/mol. The third-order valence-electron chi connectivity index (χ3n) is 5.47. The van der Waals surface area contributed by atoms with Crippen molar-refractivity contribution in [3.63, 3.8) is 0 Å². The topological polar surface area (TPSA) is 28.2 Å². The highest BCUT2D eigenvalue weighted by Gasteiger charge is 2.21. The van der Waals surface area contributed by atoms with Crippen LogP contribution in [0.2, 0.25) is 0 Å². The van der Waals surface area contributed by atoms with Gasteiger partial charge in [0.1, 0.15) is 0 Å². The Morgan fingerprint density at radius 3 is 2.77 bits per heavy atom. The summed E-state index contributed by atoms with van der Waals surface area (Å²) >= 11 is 1.83. The van der Waals surface area contributed by atoms with Gasteiger partial charge < -0.3 is 5.32 Å². The van der Waals surface area contributed by atoms with E-state index in [0.717, 1.165) is 18.4 Å². The Morgan fingerprint density at radius 2 is 2.09 bits per heavy atom. The van der Waals surface area contributed by atoms with Crippen LogP contribution < -0.4 is 5.32 Å². The minimum absolute atomic E-state index is 0.847. The van der Waals surface area contributed by atoms with E-state index >= 15 is 0 Å². The van der Waals surface area contributed by atoms with Gasteiger partial charge in [0.2, 0.25) is 0 Å². The Hall–Kier alpha value is -0.450. The van der Waals surface area contributed by atoms with Crippen molar-refractivity contribution >= 4 is 11.3 Å². The molecule has 1 saturated carbocycles. The fourth-order valence-corrected chi connectivity index (χ4v) is 4.81. The molecule has 4 heteroatoms. The lowest BCUT2D eigenvalue weighted by atomic mass is 9.87. The average Bonchev–Trinajstić information content (AvgIpc) is 3.18. The maximum atomic E-state index is 4.43. The lowest BCUT2D eigenvalue weighted by Crippen LogP contribution is -2.32. The van der Waals surface area contributed by atoms with E-state index in [1.807, 2.05) is 16.8 Å². The number of hydrogen-bond donors (Lipinski definition) is 1. The molecule has 1 aromatic rings. The highest BCUT2D eigenvalue weighted by Crippen LogP contribution is 2.27. The zero-order valence-electron chi connectivity index (χ0n) is 14.0. The molecule has 1 saturated heterocycles. The second kappa shape index (κ2) is 8.42. The van der Waals surface area contributed by atoms with Gasteiger partial charge in [-0.05, 0) is 51.2 Å². The summed E-state index contributed by atoms with van der Waals surface area (Å²) in [5, 5.41) is 3.52. The van der Waals surface area contributed by atoms with Crippen molar-refractivity contribution in [3.8, 4) is 0 Å². The smallest absolute Gasteiger partial charge is 0.0798 e. The summed E-state index contributed by atoms with van der Waals surface area (Å²) in [5.41, 5.74) is 3.23. The van der Waals surface area contributed by atoms with Crippen LogP contribution in [0.3, 0.4) is 0 Å². The van der Waals surface area contributed by atoms with E-state index < -0.39 is 0 Å². The zero-order valence-corrected chi connectivity index (χ0v) is 14.8. The van der Waals surface area contributed by atoms with Gasteiger partial charge in [-0.15, -0.1) is 11.3 Å². The minimum atomic E-state index is 0.847. The predicted octanol–water partition coefficient (Wildman–Crippen LogP) is 3.83. The molecule has 124 valence electrons. The number of nitrogens with one attached hydrogen (secondary N) is 1. The van der Waals surface area contributed by atoms with Crippen LogP contribution in [0.4, 0.5) is 0 Å². The van der Waals surface area contributed by atoms with Crippen molar-refractivity contribution in [2.24, 2.45) is 11.8 Å². The van der Waals surface area contributed by atoms with Gasteiger partial charge in [-0.3, -0.25) is 4.90 Å². The first-order valence-electron chi connectivity index (χ1n) is 9.13. The SMILES string of the molecule is Cc1ncsc1CN(CCC1CCCCC1)CC1CCNC1. The molecule has 1 atom stereocenters. The molecule has 1 unspecified atom stereocenters.